The lowest BCUT2D eigenvalue weighted by Crippen LogP contribution is -2.47. The van der Waals surface area contributed by atoms with Crippen LogP contribution in [0.25, 0.3) is 0 Å². The van der Waals surface area contributed by atoms with Crippen LogP contribution in [0.15, 0.2) is 24.3 Å². The summed E-state index contributed by atoms with van der Waals surface area (Å²) in [4.78, 5) is 39.7. The van der Waals surface area contributed by atoms with Gasteiger partial charge in [-0.1, -0.05) is 6.07 Å². The summed E-state index contributed by atoms with van der Waals surface area (Å²) in [6.45, 7) is 4.16. The van der Waals surface area contributed by atoms with Crippen LogP contribution in [-0.2, 0) is 14.3 Å². The molecule has 2 heterocycles. The van der Waals surface area contributed by atoms with Gasteiger partial charge in [0.25, 0.3) is 0 Å². The van der Waals surface area contributed by atoms with Crippen LogP contribution in [0.5, 0.6) is 0 Å². The van der Waals surface area contributed by atoms with Gasteiger partial charge in [-0.2, -0.15) is 0 Å². The second-order valence-electron chi connectivity index (χ2n) is 6.92. The number of piperidine rings is 1. The van der Waals surface area contributed by atoms with Crippen molar-refractivity contribution in [3.63, 3.8) is 0 Å². The van der Waals surface area contributed by atoms with E-state index in [0.29, 0.717) is 45.1 Å². The summed E-state index contributed by atoms with van der Waals surface area (Å²) in [6.07, 6.45) is 1.50. The van der Waals surface area contributed by atoms with Gasteiger partial charge in [0.05, 0.1) is 25.3 Å². The number of ether oxygens (including phenoxy) is 1. The van der Waals surface area contributed by atoms with E-state index < -0.39 is 5.97 Å². The van der Waals surface area contributed by atoms with Crippen molar-refractivity contribution in [3.8, 4) is 0 Å². The van der Waals surface area contributed by atoms with Crippen LogP contribution in [0.2, 0.25) is 0 Å². The van der Waals surface area contributed by atoms with E-state index in [1.165, 1.54) is 12.1 Å². The van der Waals surface area contributed by atoms with Gasteiger partial charge in [0.15, 0.2) is 0 Å². The Morgan fingerprint density at radius 2 is 1.81 bits per heavy atom. The van der Waals surface area contributed by atoms with E-state index in [9.17, 15) is 14.4 Å². The third kappa shape index (κ3) is 5.27. The molecule has 2 saturated heterocycles. The smallest absolute Gasteiger partial charge is 0.335 e. The average molecular weight is 375 g/mol. The Balaban J connectivity index is 1.44. The molecule has 8 nitrogen and oxygen atoms in total. The number of carboxylic acids is 1. The number of amides is 2. The Labute approximate surface area is 158 Å². The highest BCUT2D eigenvalue weighted by Crippen LogP contribution is 2.20. The lowest BCUT2D eigenvalue weighted by molar-refractivity contribution is -0.141. The van der Waals surface area contributed by atoms with Crippen molar-refractivity contribution in [2.75, 3.05) is 51.3 Å². The van der Waals surface area contributed by atoms with Gasteiger partial charge < -0.3 is 20.1 Å². The summed E-state index contributed by atoms with van der Waals surface area (Å²) in [5.41, 5.74) is 0.604. The highest BCUT2D eigenvalue weighted by atomic mass is 16.5. The molecule has 1 aromatic carbocycles. The molecule has 0 saturated carbocycles. The van der Waals surface area contributed by atoms with Crippen LogP contribution in [-0.4, -0.2) is 78.6 Å². The van der Waals surface area contributed by atoms with E-state index in [1.54, 1.807) is 12.1 Å². The highest BCUT2D eigenvalue weighted by Gasteiger charge is 2.29. The third-order valence-electron chi connectivity index (χ3n) is 5.02. The van der Waals surface area contributed by atoms with E-state index in [2.05, 4.69) is 5.32 Å². The van der Waals surface area contributed by atoms with Gasteiger partial charge in [-0.05, 0) is 44.1 Å². The second kappa shape index (κ2) is 8.96. The molecule has 0 aromatic heterocycles. The first kappa shape index (κ1) is 19.3. The molecule has 2 N–H and O–H groups in total. The Morgan fingerprint density at radius 1 is 1.11 bits per heavy atom. The van der Waals surface area contributed by atoms with Crippen molar-refractivity contribution in [2.45, 2.75) is 12.8 Å². The van der Waals surface area contributed by atoms with Gasteiger partial charge in [-0.25, -0.2) is 4.79 Å². The molecule has 0 spiro atoms. The number of anilines is 1. The molecule has 0 unspecified atom stereocenters. The first-order valence-electron chi connectivity index (χ1n) is 9.25. The molecule has 2 aliphatic heterocycles. The molecule has 0 radical (unpaired) electrons. The molecule has 0 bridgehead atoms. The largest absolute Gasteiger partial charge is 0.478 e. The van der Waals surface area contributed by atoms with Gasteiger partial charge in [0.2, 0.25) is 11.8 Å². The number of carbonyl (C=O) groups excluding carboxylic acids is 2. The summed E-state index contributed by atoms with van der Waals surface area (Å²) in [7, 11) is 0. The molecular weight excluding hydrogens is 350 g/mol. The van der Waals surface area contributed by atoms with Crippen LogP contribution in [0.4, 0.5) is 5.69 Å². The molecule has 1 aromatic rings. The fourth-order valence-electron chi connectivity index (χ4n) is 3.51. The number of nitrogens with one attached hydrogen (secondary N) is 1. The fraction of sp³-hybridized carbons (Fsp3) is 0.526. The number of hydrogen-bond acceptors (Lipinski definition) is 5. The molecule has 146 valence electrons. The molecule has 8 heteroatoms. The first-order valence-corrected chi connectivity index (χ1v) is 9.25. The zero-order chi connectivity index (χ0) is 19.2. The van der Waals surface area contributed by atoms with E-state index in [4.69, 9.17) is 9.84 Å². The predicted molar refractivity (Wildman–Crippen MR) is 98.6 cm³/mol. The maximum atomic E-state index is 12.5. The zero-order valence-electron chi connectivity index (χ0n) is 15.2. The van der Waals surface area contributed by atoms with Crippen molar-refractivity contribution in [3.05, 3.63) is 29.8 Å². The molecule has 2 aliphatic rings. The maximum Gasteiger partial charge on any atom is 0.335 e. The molecule has 0 atom stereocenters. The molecule has 27 heavy (non-hydrogen) atoms. The number of carbonyl (C=O) groups is 3. The number of hydrogen-bond donors (Lipinski definition) is 2. The van der Waals surface area contributed by atoms with E-state index in [-0.39, 0.29) is 29.8 Å². The zero-order valence-corrected chi connectivity index (χ0v) is 15.2. The number of morpholine rings is 1. The van der Waals surface area contributed by atoms with Crippen LogP contribution >= 0.6 is 0 Å². The van der Waals surface area contributed by atoms with E-state index in [1.807, 2.05) is 9.80 Å². The van der Waals surface area contributed by atoms with Gasteiger partial charge in [-0.3, -0.25) is 14.5 Å². The summed E-state index contributed by atoms with van der Waals surface area (Å²) in [5, 5.41) is 11.7. The number of likely N-dealkylation sites (tertiary alicyclic amines) is 1. The minimum atomic E-state index is -1.03. The highest BCUT2D eigenvalue weighted by molar-refractivity contribution is 5.94. The SMILES string of the molecule is O=C(CN1CCC(C(=O)N2CCOCC2)CC1)Nc1cccc(C(=O)O)c1. The number of nitrogens with zero attached hydrogens (tertiary/aromatic N) is 2. The molecule has 2 fully saturated rings. The lowest BCUT2D eigenvalue weighted by atomic mass is 9.95. The summed E-state index contributed by atoms with van der Waals surface area (Å²) in [5.74, 6) is -0.990. The molecule has 2 amide bonds. The Bertz CT molecular complexity index is 694. The molecule has 3 rings (SSSR count). The number of benzene rings is 1. The lowest BCUT2D eigenvalue weighted by Gasteiger charge is -2.35. The minimum absolute atomic E-state index is 0.0228. The fourth-order valence-corrected chi connectivity index (χ4v) is 3.51. The minimum Gasteiger partial charge on any atom is -0.478 e. The van der Waals surface area contributed by atoms with Gasteiger partial charge in [0, 0.05) is 24.7 Å². The number of rotatable bonds is 5. The second-order valence-corrected chi connectivity index (χ2v) is 6.92. The van der Waals surface area contributed by atoms with Gasteiger partial charge in [0.1, 0.15) is 0 Å². The maximum absolute atomic E-state index is 12.5. The van der Waals surface area contributed by atoms with Crippen LogP contribution in [0.3, 0.4) is 0 Å². The van der Waals surface area contributed by atoms with Crippen molar-refractivity contribution in [1.82, 2.24) is 9.80 Å². The average Bonchev–Trinajstić information content (AvgIpc) is 2.69. The molecular formula is C19H25N3O5. The normalized spacial score (nSPS) is 18.9. The van der Waals surface area contributed by atoms with Crippen molar-refractivity contribution < 1.29 is 24.2 Å². The standard InChI is InChI=1S/C19H25N3O5/c23-17(20-16-3-1-2-15(12-16)19(25)26)13-21-6-4-14(5-7-21)18(24)22-8-10-27-11-9-22/h1-3,12,14H,4-11,13H2,(H,20,23)(H,25,26). The third-order valence-corrected chi connectivity index (χ3v) is 5.02. The molecule has 0 aliphatic carbocycles. The van der Waals surface area contributed by atoms with E-state index in [0.717, 1.165) is 12.8 Å². The Hall–Kier alpha value is -2.45. The number of aromatic carboxylic acids is 1. The quantitative estimate of drug-likeness (QED) is 0.793. The summed E-state index contributed by atoms with van der Waals surface area (Å²) in [6, 6.07) is 6.18. The summed E-state index contributed by atoms with van der Waals surface area (Å²) < 4.78 is 5.29. The van der Waals surface area contributed by atoms with Crippen LogP contribution in [0, 0.1) is 5.92 Å². The van der Waals surface area contributed by atoms with Crippen molar-refractivity contribution >= 4 is 23.5 Å². The number of carboxylic acid groups (broad SMARTS) is 1. The monoisotopic (exact) mass is 375 g/mol. The van der Waals surface area contributed by atoms with Gasteiger partial charge >= 0.3 is 5.97 Å². The van der Waals surface area contributed by atoms with Crippen LogP contribution in [0.1, 0.15) is 23.2 Å². The Morgan fingerprint density at radius 3 is 2.48 bits per heavy atom. The van der Waals surface area contributed by atoms with E-state index >= 15 is 0 Å². The van der Waals surface area contributed by atoms with Crippen molar-refractivity contribution in [1.29, 1.82) is 0 Å². The summed E-state index contributed by atoms with van der Waals surface area (Å²) >= 11 is 0. The Kier molecular flexibility index (Phi) is 6.41. The topological polar surface area (TPSA) is 99.2 Å². The van der Waals surface area contributed by atoms with Gasteiger partial charge in [-0.15, -0.1) is 0 Å². The predicted octanol–water partition coefficient (Wildman–Crippen LogP) is 0.894. The van der Waals surface area contributed by atoms with Crippen molar-refractivity contribution in [2.24, 2.45) is 5.92 Å². The first-order chi connectivity index (χ1) is 13.0. The van der Waals surface area contributed by atoms with Crippen LogP contribution < -0.4 is 5.32 Å².